The number of unbranched alkanes of at least 4 members (excludes halogenated alkanes) is 5. The molecule has 1 N–H and O–H groups in total. The Morgan fingerprint density at radius 2 is 1.96 bits per heavy atom. The van der Waals surface area contributed by atoms with Gasteiger partial charge in [-0.25, -0.2) is 0 Å². The Kier molecular flexibility index (Phi) is 9.95. The fraction of sp³-hybridized carbons (Fsp3) is 0.625. The number of nitrogens with zero attached hydrogens (tertiary/aromatic N) is 3. The van der Waals surface area contributed by atoms with Crippen LogP contribution in [0.15, 0.2) is 17.2 Å². The topological polar surface area (TPSA) is 76.5 Å². The fourth-order valence-electron chi connectivity index (χ4n) is 1.90. The van der Waals surface area contributed by atoms with E-state index in [9.17, 15) is 4.79 Å². The van der Waals surface area contributed by atoms with Crippen LogP contribution >= 0.6 is 11.6 Å². The van der Waals surface area contributed by atoms with Gasteiger partial charge in [-0.3, -0.25) is 10.2 Å². The zero-order chi connectivity index (χ0) is 16.9. The van der Waals surface area contributed by atoms with Crippen molar-refractivity contribution in [3.63, 3.8) is 0 Å². The summed E-state index contributed by atoms with van der Waals surface area (Å²) >= 11 is 5.64. The average Bonchev–Trinajstić information content (AvgIpc) is 2.53. The maximum absolute atomic E-state index is 11.7. The molecule has 1 rings (SSSR count). The van der Waals surface area contributed by atoms with Gasteiger partial charge in [0.25, 0.3) is 0 Å². The molecule has 0 aliphatic rings. The molecule has 1 aromatic heterocycles. The minimum absolute atomic E-state index is 0.157. The SMILES string of the molecule is CCCCCCCCOC(=O)C/C(C)=N\Nc1ccc(Cl)nn1. The number of rotatable bonds is 11. The molecule has 6 nitrogen and oxygen atoms in total. The summed E-state index contributed by atoms with van der Waals surface area (Å²) in [5, 5.41) is 11.9. The van der Waals surface area contributed by atoms with E-state index in [1.165, 1.54) is 25.7 Å². The van der Waals surface area contributed by atoms with Crippen molar-refractivity contribution >= 4 is 29.1 Å². The van der Waals surface area contributed by atoms with Crippen LogP contribution in [0.4, 0.5) is 5.82 Å². The molecule has 0 spiro atoms. The van der Waals surface area contributed by atoms with Crippen LogP contribution < -0.4 is 5.43 Å². The Morgan fingerprint density at radius 3 is 2.65 bits per heavy atom. The molecule has 1 heterocycles. The van der Waals surface area contributed by atoms with Crippen LogP contribution in [0.25, 0.3) is 0 Å². The predicted octanol–water partition coefficient (Wildman–Crippen LogP) is 4.21. The van der Waals surface area contributed by atoms with Crippen LogP contribution in [0.2, 0.25) is 5.15 Å². The Morgan fingerprint density at radius 1 is 1.22 bits per heavy atom. The van der Waals surface area contributed by atoms with E-state index >= 15 is 0 Å². The molecule has 0 bridgehead atoms. The second-order valence-corrected chi connectivity index (χ2v) is 5.75. The summed E-state index contributed by atoms with van der Waals surface area (Å²) in [5.74, 6) is 0.206. The van der Waals surface area contributed by atoms with Crippen molar-refractivity contribution in [3.05, 3.63) is 17.3 Å². The van der Waals surface area contributed by atoms with Crippen molar-refractivity contribution in [2.75, 3.05) is 12.0 Å². The van der Waals surface area contributed by atoms with Crippen LogP contribution in [0, 0.1) is 0 Å². The molecule has 0 aromatic carbocycles. The molecule has 0 amide bonds. The molecular formula is C16H25ClN4O2. The number of ether oxygens (including phenoxy) is 1. The number of carbonyl (C=O) groups is 1. The number of aromatic nitrogens is 2. The summed E-state index contributed by atoms with van der Waals surface area (Å²) < 4.78 is 5.19. The zero-order valence-corrected chi connectivity index (χ0v) is 14.6. The van der Waals surface area contributed by atoms with Gasteiger partial charge in [-0.15, -0.1) is 10.2 Å². The minimum Gasteiger partial charge on any atom is -0.465 e. The predicted molar refractivity (Wildman–Crippen MR) is 92.7 cm³/mol. The molecule has 0 fully saturated rings. The van der Waals surface area contributed by atoms with Crippen molar-refractivity contribution < 1.29 is 9.53 Å². The van der Waals surface area contributed by atoms with Crippen LogP contribution in [-0.2, 0) is 9.53 Å². The standard InChI is InChI=1S/C16H25ClN4O2/c1-3-4-5-6-7-8-11-23-16(22)12-13(2)18-20-15-10-9-14(17)19-21-15/h9-10H,3-8,11-12H2,1-2H3,(H,20,21)/b18-13-. The maximum Gasteiger partial charge on any atom is 0.311 e. The first kappa shape index (κ1) is 19.4. The van der Waals surface area contributed by atoms with E-state index in [0.717, 1.165) is 12.8 Å². The molecular weight excluding hydrogens is 316 g/mol. The number of hydrogen-bond acceptors (Lipinski definition) is 6. The number of anilines is 1. The lowest BCUT2D eigenvalue weighted by Gasteiger charge is -2.05. The monoisotopic (exact) mass is 340 g/mol. The Bertz CT molecular complexity index is 491. The second kappa shape index (κ2) is 11.8. The van der Waals surface area contributed by atoms with Crippen molar-refractivity contribution in [2.24, 2.45) is 5.10 Å². The third-order valence-corrected chi connectivity index (χ3v) is 3.36. The molecule has 0 radical (unpaired) electrons. The van der Waals surface area contributed by atoms with Gasteiger partial charge in [0.05, 0.1) is 13.0 Å². The first-order valence-electron chi connectivity index (χ1n) is 8.06. The number of carbonyl (C=O) groups excluding carboxylic acids is 1. The van der Waals surface area contributed by atoms with Gasteiger partial charge in [0, 0.05) is 5.71 Å². The van der Waals surface area contributed by atoms with E-state index in [2.05, 4.69) is 27.6 Å². The molecule has 7 heteroatoms. The minimum atomic E-state index is -0.260. The number of hydrogen-bond donors (Lipinski definition) is 1. The van der Waals surface area contributed by atoms with Gasteiger partial charge < -0.3 is 4.74 Å². The van der Waals surface area contributed by atoms with Crippen molar-refractivity contribution in [1.29, 1.82) is 0 Å². The van der Waals surface area contributed by atoms with Crippen LogP contribution in [0.1, 0.15) is 58.8 Å². The first-order valence-corrected chi connectivity index (χ1v) is 8.43. The van der Waals surface area contributed by atoms with Gasteiger partial charge in [-0.1, -0.05) is 50.6 Å². The second-order valence-electron chi connectivity index (χ2n) is 5.37. The molecule has 128 valence electrons. The normalized spacial score (nSPS) is 11.3. The third kappa shape index (κ3) is 9.84. The van der Waals surface area contributed by atoms with Crippen LogP contribution in [0.5, 0.6) is 0 Å². The average molecular weight is 341 g/mol. The van der Waals surface area contributed by atoms with E-state index in [1.54, 1.807) is 19.1 Å². The smallest absolute Gasteiger partial charge is 0.311 e. The Labute approximate surface area is 142 Å². The largest absolute Gasteiger partial charge is 0.465 e. The summed E-state index contributed by atoms with van der Waals surface area (Å²) in [6.07, 6.45) is 7.17. The van der Waals surface area contributed by atoms with Crippen molar-refractivity contribution in [1.82, 2.24) is 10.2 Å². The van der Waals surface area contributed by atoms with Gasteiger partial charge in [0.2, 0.25) is 0 Å². The lowest BCUT2D eigenvalue weighted by Crippen LogP contribution is -2.11. The van der Waals surface area contributed by atoms with Crippen molar-refractivity contribution in [2.45, 2.75) is 58.8 Å². The molecule has 0 aliphatic heterocycles. The van der Waals surface area contributed by atoms with Gasteiger partial charge in [-0.05, 0) is 25.5 Å². The summed E-state index contributed by atoms with van der Waals surface area (Å²) in [6, 6.07) is 3.26. The highest BCUT2D eigenvalue weighted by Gasteiger charge is 2.05. The number of hydrazone groups is 1. The highest BCUT2D eigenvalue weighted by Crippen LogP contribution is 2.07. The highest BCUT2D eigenvalue weighted by molar-refractivity contribution is 6.29. The lowest BCUT2D eigenvalue weighted by molar-refractivity contribution is -0.142. The van der Waals surface area contributed by atoms with E-state index in [1.807, 2.05) is 0 Å². The molecule has 0 atom stereocenters. The third-order valence-electron chi connectivity index (χ3n) is 3.15. The van der Waals surface area contributed by atoms with Gasteiger partial charge >= 0.3 is 5.97 Å². The van der Waals surface area contributed by atoms with E-state index in [-0.39, 0.29) is 12.4 Å². The van der Waals surface area contributed by atoms with E-state index in [0.29, 0.717) is 23.3 Å². The highest BCUT2D eigenvalue weighted by atomic mass is 35.5. The first-order chi connectivity index (χ1) is 11.1. The number of halogens is 1. The molecule has 0 saturated heterocycles. The molecule has 0 aliphatic carbocycles. The summed E-state index contributed by atoms with van der Waals surface area (Å²) in [5.41, 5.74) is 3.34. The van der Waals surface area contributed by atoms with Crippen molar-refractivity contribution in [3.8, 4) is 0 Å². The quantitative estimate of drug-likeness (QED) is 0.282. The van der Waals surface area contributed by atoms with Gasteiger partial charge in [0.1, 0.15) is 0 Å². The molecule has 0 unspecified atom stereocenters. The Balaban J connectivity index is 2.15. The van der Waals surface area contributed by atoms with Crippen LogP contribution in [-0.4, -0.2) is 28.5 Å². The zero-order valence-electron chi connectivity index (χ0n) is 13.8. The van der Waals surface area contributed by atoms with E-state index < -0.39 is 0 Å². The van der Waals surface area contributed by atoms with Gasteiger partial charge in [0.15, 0.2) is 11.0 Å². The molecule has 0 saturated carbocycles. The van der Waals surface area contributed by atoms with E-state index in [4.69, 9.17) is 16.3 Å². The summed E-state index contributed by atoms with van der Waals surface area (Å²) in [4.78, 5) is 11.7. The van der Waals surface area contributed by atoms with Crippen LogP contribution in [0.3, 0.4) is 0 Å². The Hall–Kier alpha value is -1.69. The molecule has 23 heavy (non-hydrogen) atoms. The lowest BCUT2D eigenvalue weighted by atomic mass is 10.1. The summed E-state index contributed by atoms with van der Waals surface area (Å²) in [7, 11) is 0. The van der Waals surface area contributed by atoms with Gasteiger partial charge in [-0.2, -0.15) is 5.10 Å². The summed E-state index contributed by atoms with van der Waals surface area (Å²) in [6.45, 7) is 4.43. The molecule has 1 aromatic rings. The number of nitrogens with one attached hydrogen (secondary N) is 1. The fourth-order valence-corrected chi connectivity index (χ4v) is 2.00. The number of esters is 1. The maximum atomic E-state index is 11.7.